The molecule has 8 heteroatoms. The van der Waals surface area contributed by atoms with Crippen LogP contribution in [0.15, 0.2) is 30.3 Å². The number of aromatic nitrogens is 3. The Balaban J connectivity index is 1.90. The molecule has 2 aromatic rings. The minimum absolute atomic E-state index is 0.207. The highest BCUT2D eigenvalue weighted by Gasteiger charge is 2.30. The summed E-state index contributed by atoms with van der Waals surface area (Å²) in [5.41, 5.74) is 1.81. The molecular formula is C20H25FN4O3. The van der Waals surface area contributed by atoms with Crippen LogP contribution >= 0.6 is 0 Å². The number of halogens is 1. The summed E-state index contributed by atoms with van der Waals surface area (Å²) in [7, 11) is 1.56. The maximum absolute atomic E-state index is 14.3. The maximum Gasteiger partial charge on any atom is 0.324 e. The second kappa shape index (κ2) is 8.20. The summed E-state index contributed by atoms with van der Waals surface area (Å²) in [5, 5.41) is 11.5. The SMILES string of the molecule is COCc1c(C2=CCNC(C(=O)OC(C)(C)C)C2)nnn1-c1ccccc1F. The van der Waals surface area contributed by atoms with E-state index in [0.717, 1.165) is 5.57 Å². The molecule has 1 unspecified atom stereocenters. The lowest BCUT2D eigenvalue weighted by Crippen LogP contribution is -2.43. The van der Waals surface area contributed by atoms with Crippen molar-refractivity contribution in [3.05, 3.63) is 47.5 Å². The summed E-state index contributed by atoms with van der Waals surface area (Å²) in [5.74, 6) is -0.713. The maximum atomic E-state index is 14.3. The van der Waals surface area contributed by atoms with Gasteiger partial charge in [-0.15, -0.1) is 5.10 Å². The van der Waals surface area contributed by atoms with Gasteiger partial charge in [0.2, 0.25) is 0 Å². The van der Waals surface area contributed by atoms with Crippen LogP contribution in [0.25, 0.3) is 11.3 Å². The van der Waals surface area contributed by atoms with Crippen molar-refractivity contribution in [2.75, 3.05) is 13.7 Å². The van der Waals surface area contributed by atoms with E-state index >= 15 is 0 Å². The molecule has 28 heavy (non-hydrogen) atoms. The van der Waals surface area contributed by atoms with Crippen LogP contribution in [0.1, 0.15) is 38.6 Å². The van der Waals surface area contributed by atoms with E-state index in [1.165, 1.54) is 10.7 Å². The van der Waals surface area contributed by atoms with Gasteiger partial charge in [-0.25, -0.2) is 9.07 Å². The molecule has 0 saturated heterocycles. The van der Waals surface area contributed by atoms with E-state index in [1.54, 1.807) is 25.3 Å². The fourth-order valence-electron chi connectivity index (χ4n) is 3.07. The first-order valence-electron chi connectivity index (χ1n) is 9.14. The Labute approximate surface area is 163 Å². The first kappa shape index (κ1) is 20.2. The van der Waals surface area contributed by atoms with Crippen LogP contribution in [0.4, 0.5) is 4.39 Å². The van der Waals surface area contributed by atoms with Gasteiger partial charge in [0.15, 0.2) is 0 Å². The van der Waals surface area contributed by atoms with E-state index < -0.39 is 17.5 Å². The molecule has 1 aliphatic heterocycles. The van der Waals surface area contributed by atoms with Crippen molar-refractivity contribution < 1.29 is 18.7 Å². The average molecular weight is 388 g/mol. The quantitative estimate of drug-likeness (QED) is 0.794. The highest BCUT2D eigenvalue weighted by atomic mass is 19.1. The highest BCUT2D eigenvalue weighted by Crippen LogP contribution is 2.27. The fourth-order valence-corrected chi connectivity index (χ4v) is 3.07. The molecule has 150 valence electrons. The molecule has 1 N–H and O–H groups in total. The van der Waals surface area contributed by atoms with Gasteiger partial charge in [-0.2, -0.15) is 0 Å². The second-order valence-corrected chi connectivity index (χ2v) is 7.61. The van der Waals surface area contributed by atoms with E-state index in [-0.39, 0.29) is 12.6 Å². The van der Waals surface area contributed by atoms with Gasteiger partial charge in [0.05, 0.1) is 12.3 Å². The van der Waals surface area contributed by atoms with Crippen molar-refractivity contribution >= 4 is 11.5 Å². The van der Waals surface area contributed by atoms with Crippen LogP contribution in [0.5, 0.6) is 0 Å². The van der Waals surface area contributed by atoms with Gasteiger partial charge < -0.3 is 14.8 Å². The van der Waals surface area contributed by atoms with Crippen LogP contribution in [0.2, 0.25) is 0 Å². The lowest BCUT2D eigenvalue weighted by atomic mass is 9.98. The molecular weight excluding hydrogens is 363 g/mol. The molecule has 1 aromatic heterocycles. The number of nitrogens with one attached hydrogen (secondary N) is 1. The molecule has 7 nitrogen and oxygen atoms in total. The number of rotatable bonds is 5. The monoisotopic (exact) mass is 388 g/mol. The van der Waals surface area contributed by atoms with E-state index in [4.69, 9.17) is 9.47 Å². The molecule has 0 radical (unpaired) electrons. The zero-order valence-corrected chi connectivity index (χ0v) is 16.5. The summed E-state index contributed by atoms with van der Waals surface area (Å²) >= 11 is 0. The van der Waals surface area contributed by atoms with Crippen molar-refractivity contribution in [2.45, 2.75) is 45.4 Å². The standard InChI is InChI=1S/C20H25FN4O3/c1-20(2,3)28-19(26)15-11-13(9-10-22-15)18-17(12-27-4)25(24-23-18)16-8-6-5-7-14(16)21/h5-9,15,22H,10-12H2,1-4H3. The molecule has 0 bridgehead atoms. The number of nitrogens with zero attached hydrogens (tertiary/aromatic N) is 3. The number of hydrogen-bond acceptors (Lipinski definition) is 6. The molecule has 1 aromatic carbocycles. The topological polar surface area (TPSA) is 78.3 Å². The predicted octanol–water partition coefficient (Wildman–Crippen LogP) is 2.64. The summed E-state index contributed by atoms with van der Waals surface area (Å²) in [6.07, 6.45) is 2.36. The first-order valence-corrected chi connectivity index (χ1v) is 9.14. The average Bonchev–Trinajstić information content (AvgIpc) is 3.05. The molecule has 0 saturated carbocycles. The van der Waals surface area contributed by atoms with Crippen LogP contribution in [-0.2, 0) is 20.9 Å². The summed E-state index contributed by atoms with van der Waals surface area (Å²) < 4.78 is 26.5. The molecule has 0 amide bonds. The molecule has 1 atom stereocenters. The third kappa shape index (κ3) is 4.45. The molecule has 0 spiro atoms. The first-order chi connectivity index (χ1) is 13.3. The van der Waals surface area contributed by atoms with Gasteiger partial charge in [0, 0.05) is 20.1 Å². The Bertz CT molecular complexity index is 886. The number of carbonyl (C=O) groups excluding carboxylic acids is 1. The lowest BCUT2D eigenvalue weighted by molar-refractivity contribution is -0.157. The summed E-state index contributed by atoms with van der Waals surface area (Å²) in [6.45, 7) is 6.21. The summed E-state index contributed by atoms with van der Waals surface area (Å²) in [4.78, 5) is 12.4. The Kier molecular flexibility index (Phi) is 5.90. The minimum Gasteiger partial charge on any atom is -0.459 e. The van der Waals surface area contributed by atoms with Crippen molar-refractivity contribution in [3.63, 3.8) is 0 Å². The van der Waals surface area contributed by atoms with Crippen LogP contribution in [0.3, 0.4) is 0 Å². The largest absolute Gasteiger partial charge is 0.459 e. The Hall–Kier alpha value is -2.58. The van der Waals surface area contributed by atoms with Crippen molar-refractivity contribution in [2.24, 2.45) is 0 Å². The molecule has 3 rings (SSSR count). The Morgan fingerprint density at radius 2 is 2.11 bits per heavy atom. The predicted molar refractivity (Wildman–Crippen MR) is 102 cm³/mol. The molecule has 0 fully saturated rings. The van der Waals surface area contributed by atoms with Crippen LogP contribution in [0, 0.1) is 5.82 Å². The number of hydrogen-bond donors (Lipinski definition) is 1. The number of para-hydroxylation sites is 1. The molecule has 2 heterocycles. The highest BCUT2D eigenvalue weighted by molar-refractivity contribution is 5.81. The molecule has 0 aliphatic carbocycles. The van der Waals surface area contributed by atoms with Gasteiger partial charge in [0.25, 0.3) is 0 Å². The van der Waals surface area contributed by atoms with E-state index in [0.29, 0.717) is 30.0 Å². The second-order valence-electron chi connectivity index (χ2n) is 7.61. The van der Waals surface area contributed by atoms with Crippen LogP contribution in [-0.4, -0.2) is 46.3 Å². The van der Waals surface area contributed by atoms with Gasteiger partial charge in [-0.1, -0.05) is 23.4 Å². The number of benzene rings is 1. The minimum atomic E-state index is -0.560. The van der Waals surface area contributed by atoms with E-state index in [2.05, 4.69) is 15.6 Å². The zero-order chi connectivity index (χ0) is 20.3. The van der Waals surface area contributed by atoms with Gasteiger partial charge in [-0.3, -0.25) is 4.79 Å². The van der Waals surface area contributed by atoms with Crippen molar-refractivity contribution in [1.82, 2.24) is 20.3 Å². The smallest absolute Gasteiger partial charge is 0.324 e. The number of carbonyl (C=O) groups is 1. The normalized spacial score (nSPS) is 17.3. The summed E-state index contributed by atoms with van der Waals surface area (Å²) in [6, 6.07) is 5.88. The third-order valence-corrected chi connectivity index (χ3v) is 4.26. The van der Waals surface area contributed by atoms with Crippen molar-refractivity contribution in [1.29, 1.82) is 0 Å². The van der Waals surface area contributed by atoms with Crippen molar-refractivity contribution in [3.8, 4) is 5.69 Å². The molecule has 1 aliphatic rings. The van der Waals surface area contributed by atoms with E-state index in [1.807, 2.05) is 26.8 Å². The number of methoxy groups -OCH3 is 1. The third-order valence-electron chi connectivity index (χ3n) is 4.26. The van der Waals surface area contributed by atoms with Crippen LogP contribution < -0.4 is 5.32 Å². The number of esters is 1. The Morgan fingerprint density at radius 1 is 1.36 bits per heavy atom. The van der Waals surface area contributed by atoms with E-state index in [9.17, 15) is 9.18 Å². The fraction of sp³-hybridized carbons (Fsp3) is 0.450. The number of ether oxygens (including phenoxy) is 2. The van der Waals surface area contributed by atoms with Gasteiger partial charge in [0.1, 0.15) is 28.8 Å². The van der Waals surface area contributed by atoms with Gasteiger partial charge in [-0.05, 0) is 38.5 Å². The zero-order valence-electron chi connectivity index (χ0n) is 16.5. The van der Waals surface area contributed by atoms with Gasteiger partial charge >= 0.3 is 5.97 Å². The Morgan fingerprint density at radius 3 is 2.79 bits per heavy atom. The lowest BCUT2D eigenvalue weighted by Gasteiger charge is -2.27.